The monoisotopic (exact) mass is 399 g/mol. The van der Waals surface area contributed by atoms with E-state index >= 15 is 0 Å². The van der Waals surface area contributed by atoms with Crippen molar-refractivity contribution in [3.8, 4) is 5.75 Å². The van der Waals surface area contributed by atoms with Crippen LogP contribution in [0.4, 0.5) is 4.79 Å². The van der Waals surface area contributed by atoms with E-state index < -0.39 is 30.0 Å². The predicted molar refractivity (Wildman–Crippen MR) is 107 cm³/mol. The Hall–Kier alpha value is -3.55. The summed E-state index contributed by atoms with van der Waals surface area (Å²) in [7, 11) is 1.57. The van der Waals surface area contributed by atoms with Gasteiger partial charge < -0.3 is 25.8 Å². The van der Waals surface area contributed by atoms with E-state index in [-0.39, 0.29) is 13.0 Å². The number of rotatable bonds is 9. The molecule has 0 fully saturated rings. The number of alkyl carbamates (subject to hydrolysis) is 1. The van der Waals surface area contributed by atoms with Gasteiger partial charge >= 0.3 is 6.09 Å². The highest BCUT2D eigenvalue weighted by Crippen LogP contribution is 2.12. The van der Waals surface area contributed by atoms with Gasteiger partial charge in [0.05, 0.1) is 7.11 Å². The van der Waals surface area contributed by atoms with Crippen LogP contribution in [-0.2, 0) is 27.4 Å². The highest BCUT2D eigenvalue weighted by Gasteiger charge is 2.24. The third-order valence-electron chi connectivity index (χ3n) is 4.21. The molecule has 0 aliphatic rings. The zero-order valence-electron chi connectivity index (χ0n) is 16.4. The van der Waals surface area contributed by atoms with Crippen molar-refractivity contribution in [1.82, 2.24) is 10.6 Å². The molecule has 29 heavy (non-hydrogen) atoms. The van der Waals surface area contributed by atoms with Crippen LogP contribution >= 0.6 is 0 Å². The summed E-state index contributed by atoms with van der Waals surface area (Å²) in [6, 6.07) is 14.5. The van der Waals surface area contributed by atoms with Crippen LogP contribution in [0.2, 0.25) is 0 Å². The number of amides is 3. The lowest BCUT2D eigenvalue weighted by Gasteiger charge is -2.20. The average Bonchev–Trinajstić information content (AvgIpc) is 2.72. The molecule has 0 radical (unpaired) electrons. The number of nitrogens with two attached hydrogens (primary N) is 1. The number of carbonyl (C=O) groups is 3. The van der Waals surface area contributed by atoms with E-state index in [2.05, 4.69) is 10.6 Å². The van der Waals surface area contributed by atoms with Crippen LogP contribution in [0.25, 0.3) is 0 Å². The SMILES string of the molecule is COc1ccc(COC(=O)N[C@@H](Cc2ccccc2)C(=O)N[C@H](C)C(N)=O)cc1. The second-order valence-corrected chi connectivity index (χ2v) is 6.44. The molecule has 0 aromatic heterocycles. The number of carbonyl (C=O) groups excluding carboxylic acids is 3. The summed E-state index contributed by atoms with van der Waals surface area (Å²) in [5.74, 6) is -0.498. The van der Waals surface area contributed by atoms with Gasteiger partial charge in [0, 0.05) is 6.42 Å². The van der Waals surface area contributed by atoms with Gasteiger partial charge in [-0.15, -0.1) is 0 Å². The van der Waals surface area contributed by atoms with E-state index in [0.29, 0.717) is 5.75 Å². The molecule has 2 aromatic rings. The fraction of sp³-hybridized carbons (Fsp3) is 0.286. The van der Waals surface area contributed by atoms with Crippen LogP contribution in [0, 0.1) is 0 Å². The Kier molecular flexibility index (Phi) is 8.02. The van der Waals surface area contributed by atoms with E-state index in [9.17, 15) is 14.4 Å². The normalized spacial score (nSPS) is 12.3. The molecule has 0 saturated heterocycles. The Bertz CT molecular complexity index is 824. The Morgan fingerprint density at radius 1 is 0.966 bits per heavy atom. The molecular formula is C21H25N3O5. The molecule has 2 atom stereocenters. The highest BCUT2D eigenvalue weighted by molar-refractivity contribution is 5.90. The standard InChI is InChI=1S/C21H25N3O5/c1-14(19(22)25)23-20(26)18(12-15-6-4-3-5-7-15)24-21(27)29-13-16-8-10-17(28-2)11-9-16/h3-11,14,18H,12-13H2,1-2H3,(H2,22,25)(H,23,26)(H,24,27)/t14-,18+/m1/s1. The highest BCUT2D eigenvalue weighted by atomic mass is 16.5. The lowest BCUT2D eigenvalue weighted by atomic mass is 10.1. The first kappa shape index (κ1) is 21.7. The van der Waals surface area contributed by atoms with Crippen molar-refractivity contribution in [2.45, 2.75) is 32.0 Å². The van der Waals surface area contributed by atoms with E-state index in [1.807, 2.05) is 30.3 Å². The van der Waals surface area contributed by atoms with Crippen LogP contribution in [0.5, 0.6) is 5.75 Å². The maximum absolute atomic E-state index is 12.5. The third-order valence-corrected chi connectivity index (χ3v) is 4.21. The first-order valence-corrected chi connectivity index (χ1v) is 9.09. The van der Waals surface area contributed by atoms with E-state index in [0.717, 1.165) is 11.1 Å². The van der Waals surface area contributed by atoms with Gasteiger partial charge in [-0.25, -0.2) is 4.79 Å². The summed E-state index contributed by atoms with van der Waals surface area (Å²) in [6.45, 7) is 1.51. The Morgan fingerprint density at radius 2 is 1.62 bits per heavy atom. The van der Waals surface area contributed by atoms with Gasteiger partial charge in [-0.1, -0.05) is 42.5 Å². The topological polar surface area (TPSA) is 120 Å². The minimum absolute atomic E-state index is 0.0349. The van der Waals surface area contributed by atoms with Gasteiger partial charge in [0.25, 0.3) is 0 Å². The summed E-state index contributed by atoms with van der Waals surface area (Å²) in [6.07, 6.45) is -0.515. The molecule has 2 rings (SSSR count). The molecular weight excluding hydrogens is 374 g/mol. The molecule has 0 aliphatic carbocycles. The van der Waals surface area contributed by atoms with E-state index in [4.69, 9.17) is 15.2 Å². The summed E-state index contributed by atoms with van der Waals surface area (Å²) in [5, 5.41) is 5.05. The molecule has 0 unspecified atom stereocenters. The maximum atomic E-state index is 12.5. The fourth-order valence-electron chi connectivity index (χ4n) is 2.50. The lowest BCUT2D eigenvalue weighted by molar-refractivity contribution is -0.128. The smallest absolute Gasteiger partial charge is 0.408 e. The van der Waals surface area contributed by atoms with Crippen molar-refractivity contribution in [2.75, 3.05) is 7.11 Å². The summed E-state index contributed by atoms with van der Waals surface area (Å²) in [4.78, 5) is 36.0. The number of hydrogen-bond acceptors (Lipinski definition) is 5. The van der Waals surface area contributed by atoms with Crippen molar-refractivity contribution >= 4 is 17.9 Å². The third kappa shape index (κ3) is 7.17. The fourth-order valence-corrected chi connectivity index (χ4v) is 2.50. The molecule has 4 N–H and O–H groups in total. The molecule has 0 heterocycles. The predicted octanol–water partition coefficient (Wildman–Crippen LogP) is 1.52. The van der Waals surface area contributed by atoms with Crippen molar-refractivity contribution < 1.29 is 23.9 Å². The van der Waals surface area contributed by atoms with Gasteiger partial charge in [-0.2, -0.15) is 0 Å². The largest absolute Gasteiger partial charge is 0.497 e. The summed E-state index contributed by atoms with van der Waals surface area (Å²) in [5.41, 5.74) is 6.81. The van der Waals surface area contributed by atoms with Gasteiger partial charge in [-0.05, 0) is 30.2 Å². The molecule has 8 heteroatoms. The quantitative estimate of drug-likeness (QED) is 0.591. The second-order valence-electron chi connectivity index (χ2n) is 6.44. The number of hydrogen-bond donors (Lipinski definition) is 3. The van der Waals surface area contributed by atoms with Crippen LogP contribution in [0.15, 0.2) is 54.6 Å². The molecule has 154 valence electrons. The average molecular weight is 399 g/mol. The number of primary amides is 1. The first-order valence-electron chi connectivity index (χ1n) is 9.09. The van der Waals surface area contributed by atoms with Crippen LogP contribution in [-0.4, -0.2) is 37.1 Å². The molecule has 0 aliphatic heterocycles. The molecule has 0 saturated carbocycles. The minimum Gasteiger partial charge on any atom is -0.497 e. The molecule has 8 nitrogen and oxygen atoms in total. The van der Waals surface area contributed by atoms with E-state index in [1.54, 1.807) is 31.4 Å². The van der Waals surface area contributed by atoms with Crippen molar-refractivity contribution in [2.24, 2.45) is 5.73 Å². The van der Waals surface area contributed by atoms with Gasteiger partial charge in [0.15, 0.2) is 0 Å². The van der Waals surface area contributed by atoms with Crippen molar-refractivity contribution in [3.05, 3.63) is 65.7 Å². The Balaban J connectivity index is 1.99. The van der Waals surface area contributed by atoms with Crippen LogP contribution in [0.1, 0.15) is 18.1 Å². The van der Waals surface area contributed by atoms with Gasteiger partial charge in [-0.3, -0.25) is 9.59 Å². The summed E-state index contributed by atoms with van der Waals surface area (Å²) >= 11 is 0. The van der Waals surface area contributed by atoms with Crippen LogP contribution in [0.3, 0.4) is 0 Å². The first-order chi connectivity index (χ1) is 13.9. The number of benzene rings is 2. The molecule has 3 amide bonds. The Morgan fingerprint density at radius 3 is 2.21 bits per heavy atom. The Labute approximate surface area is 169 Å². The second kappa shape index (κ2) is 10.7. The number of ether oxygens (including phenoxy) is 2. The molecule has 2 aromatic carbocycles. The minimum atomic E-state index is -0.928. The molecule has 0 spiro atoms. The number of nitrogens with one attached hydrogen (secondary N) is 2. The zero-order valence-corrected chi connectivity index (χ0v) is 16.4. The van der Waals surface area contributed by atoms with Gasteiger partial charge in [0.1, 0.15) is 24.4 Å². The molecule has 0 bridgehead atoms. The van der Waals surface area contributed by atoms with Crippen molar-refractivity contribution in [3.63, 3.8) is 0 Å². The maximum Gasteiger partial charge on any atom is 0.408 e. The number of methoxy groups -OCH3 is 1. The van der Waals surface area contributed by atoms with E-state index in [1.165, 1.54) is 6.92 Å². The van der Waals surface area contributed by atoms with Gasteiger partial charge in [0.2, 0.25) is 11.8 Å². The lowest BCUT2D eigenvalue weighted by Crippen LogP contribution is -2.52. The van der Waals surface area contributed by atoms with Crippen LogP contribution < -0.4 is 21.1 Å². The zero-order chi connectivity index (χ0) is 21.2. The summed E-state index contributed by atoms with van der Waals surface area (Å²) < 4.78 is 10.3. The van der Waals surface area contributed by atoms with Crippen molar-refractivity contribution in [1.29, 1.82) is 0 Å².